The first-order chi connectivity index (χ1) is 16.0. The van der Waals surface area contributed by atoms with Gasteiger partial charge in [-0.25, -0.2) is 4.98 Å². The van der Waals surface area contributed by atoms with Crippen LogP contribution in [0.25, 0.3) is 5.76 Å². The number of aromatic nitrogens is 2. The van der Waals surface area contributed by atoms with Gasteiger partial charge in [-0.15, -0.1) is 0 Å². The zero-order valence-electron chi connectivity index (χ0n) is 18.3. The van der Waals surface area contributed by atoms with Crippen molar-refractivity contribution in [2.75, 3.05) is 6.54 Å². The summed E-state index contributed by atoms with van der Waals surface area (Å²) in [6.45, 7) is 3.05. The molecular formula is C26H25N3O4. The highest BCUT2D eigenvalue weighted by molar-refractivity contribution is 6.46. The van der Waals surface area contributed by atoms with Gasteiger partial charge >= 0.3 is 0 Å². The van der Waals surface area contributed by atoms with Crippen LogP contribution in [0.2, 0.25) is 0 Å². The molecule has 0 aliphatic carbocycles. The first-order valence-electron chi connectivity index (χ1n) is 11.1. The third-order valence-corrected chi connectivity index (χ3v) is 6.20. The number of benzene rings is 2. The minimum atomic E-state index is -0.658. The molecule has 168 valence electrons. The summed E-state index contributed by atoms with van der Waals surface area (Å²) in [5.41, 5.74) is 2.42. The van der Waals surface area contributed by atoms with Crippen LogP contribution in [-0.2, 0) is 22.6 Å². The van der Waals surface area contributed by atoms with Gasteiger partial charge in [0, 0.05) is 37.5 Å². The highest BCUT2D eigenvalue weighted by atomic mass is 16.5. The Morgan fingerprint density at radius 3 is 2.73 bits per heavy atom. The Morgan fingerprint density at radius 1 is 1.15 bits per heavy atom. The Kier molecular flexibility index (Phi) is 5.46. The number of likely N-dealkylation sites (tertiary alicyclic amines) is 1. The molecule has 5 rings (SSSR count). The van der Waals surface area contributed by atoms with Crippen molar-refractivity contribution >= 4 is 17.4 Å². The maximum atomic E-state index is 13.1. The molecule has 2 aromatic carbocycles. The predicted molar refractivity (Wildman–Crippen MR) is 123 cm³/mol. The topological polar surface area (TPSA) is 84.7 Å². The van der Waals surface area contributed by atoms with Crippen molar-refractivity contribution in [1.29, 1.82) is 0 Å². The molecule has 7 heteroatoms. The number of ether oxygens (including phenoxy) is 1. The third kappa shape index (κ3) is 3.91. The lowest BCUT2D eigenvalue weighted by Crippen LogP contribution is -2.31. The minimum absolute atomic E-state index is 0.0720. The molecule has 1 N–H and O–H groups in total. The molecule has 1 aromatic heterocycles. The highest BCUT2D eigenvalue weighted by Gasteiger charge is 2.45. The third-order valence-electron chi connectivity index (χ3n) is 6.20. The number of amides is 1. The fourth-order valence-corrected chi connectivity index (χ4v) is 4.66. The van der Waals surface area contributed by atoms with E-state index in [1.807, 2.05) is 60.2 Å². The average molecular weight is 444 g/mol. The van der Waals surface area contributed by atoms with E-state index < -0.39 is 17.7 Å². The first-order valence-corrected chi connectivity index (χ1v) is 11.1. The second-order valence-electron chi connectivity index (χ2n) is 8.51. The quantitative estimate of drug-likeness (QED) is 0.357. The van der Waals surface area contributed by atoms with Crippen molar-refractivity contribution in [3.05, 3.63) is 89.5 Å². The van der Waals surface area contributed by atoms with E-state index in [2.05, 4.69) is 4.98 Å². The number of Topliss-reactive ketones (excluding diaryl/α,β-unsaturated/α-hetero) is 1. The Hall–Kier alpha value is -3.87. The average Bonchev–Trinajstić information content (AvgIpc) is 3.53. The van der Waals surface area contributed by atoms with Crippen LogP contribution in [0.5, 0.6) is 5.75 Å². The Morgan fingerprint density at radius 2 is 1.97 bits per heavy atom. The van der Waals surface area contributed by atoms with Crippen LogP contribution in [0.15, 0.2) is 72.8 Å². The van der Waals surface area contributed by atoms with Crippen LogP contribution < -0.4 is 4.74 Å². The standard InChI is InChI=1S/C26H25N3O4/c1-17-14-20-15-19(8-9-21(20)33-17)24(30)22-23(18-6-3-2-4-7-18)29(26(32)25(22)31)12-5-11-28-13-10-27-16-28/h2-4,6-10,13,15-17,23,30H,5,11-12,14H2,1H3/t17-,23+/m1/s1. The molecule has 0 spiro atoms. The van der Waals surface area contributed by atoms with Crippen LogP contribution in [0, 0.1) is 0 Å². The van der Waals surface area contributed by atoms with Crippen LogP contribution >= 0.6 is 0 Å². The SMILES string of the molecule is C[C@@H]1Cc2cc(C(O)=C3C(=O)C(=O)N(CCCn4ccnc4)[C@H]3c3ccccc3)ccc2O1. The first kappa shape index (κ1) is 21.0. The minimum Gasteiger partial charge on any atom is -0.507 e. The lowest BCUT2D eigenvalue weighted by Gasteiger charge is -2.25. The Balaban J connectivity index is 1.51. The number of nitrogens with zero attached hydrogens (tertiary/aromatic N) is 3. The van der Waals surface area contributed by atoms with E-state index in [1.54, 1.807) is 23.5 Å². The fraction of sp³-hybridized carbons (Fsp3) is 0.269. The molecule has 3 aromatic rings. The van der Waals surface area contributed by atoms with Crippen molar-refractivity contribution in [2.45, 2.75) is 38.5 Å². The fourth-order valence-electron chi connectivity index (χ4n) is 4.66. The molecule has 3 heterocycles. The molecule has 7 nitrogen and oxygen atoms in total. The molecular weight excluding hydrogens is 418 g/mol. The summed E-state index contributed by atoms with van der Waals surface area (Å²) in [5, 5.41) is 11.3. The molecule has 0 saturated carbocycles. The van der Waals surface area contributed by atoms with Gasteiger partial charge in [-0.05, 0) is 42.7 Å². The number of fused-ring (bicyclic) bond motifs is 1. The Bertz CT molecular complexity index is 1220. The van der Waals surface area contributed by atoms with Gasteiger partial charge < -0.3 is 19.3 Å². The van der Waals surface area contributed by atoms with Gasteiger partial charge in [0.05, 0.1) is 17.9 Å². The van der Waals surface area contributed by atoms with E-state index in [1.165, 1.54) is 0 Å². The molecule has 0 unspecified atom stereocenters. The van der Waals surface area contributed by atoms with E-state index in [9.17, 15) is 14.7 Å². The molecule has 1 saturated heterocycles. The van der Waals surface area contributed by atoms with Gasteiger partial charge in [-0.3, -0.25) is 9.59 Å². The number of aliphatic hydroxyl groups excluding tert-OH is 1. The number of hydrogen-bond donors (Lipinski definition) is 1. The van der Waals surface area contributed by atoms with Crippen LogP contribution in [0.4, 0.5) is 0 Å². The number of rotatable bonds is 6. The summed E-state index contributed by atoms with van der Waals surface area (Å²) in [6, 6.07) is 14.1. The monoisotopic (exact) mass is 443 g/mol. The van der Waals surface area contributed by atoms with E-state index in [4.69, 9.17) is 4.74 Å². The Labute approximate surface area is 191 Å². The zero-order valence-corrected chi connectivity index (χ0v) is 18.3. The number of aryl methyl sites for hydroxylation is 1. The van der Waals surface area contributed by atoms with Gasteiger partial charge in [0.2, 0.25) is 0 Å². The summed E-state index contributed by atoms with van der Waals surface area (Å²) >= 11 is 0. The number of carbonyl (C=O) groups is 2. The summed E-state index contributed by atoms with van der Waals surface area (Å²) < 4.78 is 7.69. The number of hydrogen-bond acceptors (Lipinski definition) is 5. The normalized spacial score (nSPS) is 21.3. The smallest absolute Gasteiger partial charge is 0.295 e. The summed E-state index contributed by atoms with van der Waals surface area (Å²) in [5.74, 6) is -0.608. The van der Waals surface area contributed by atoms with Crippen molar-refractivity contribution in [1.82, 2.24) is 14.5 Å². The summed E-state index contributed by atoms with van der Waals surface area (Å²) in [4.78, 5) is 31.8. The van der Waals surface area contributed by atoms with Crippen molar-refractivity contribution < 1.29 is 19.4 Å². The van der Waals surface area contributed by atoms with Crippen molar-refractivity contribution in [3.8, 4) is 5.75 Å². The molecule has 2 atom stereocenters. The van der Waals surface area contributed by atoms with Gasteiger partial charge in [0.15, 0.2) is 0 Å². The van der Waals surface area contributed by atoms with Crippen molar-refractivity contribution in [2.24, 2.45) is 0 Å². The van der Waals surface area contributed by atoms with Gasteiger partial charge in [0.1, 0.15) is 17.6 Å². The zero-order chi connectivity index (χ0) is 22.9. The predicted octanol–water partition coefficient (Wildman–Crippen LogP) is 3.72. The van der Waals surface area contributed by atoms with E-state index in [0.717, 1.165) is 23.3 Å². The summed E-state index contributed by atoms with van der Waals surface area (Å²) in [6.07, 6.45) is 6.76. The molecule has 33 heavy (non-hydrogen) atoms. The molecule has 2 aliphatic rings. The molecule has 1 amide bonds. The van der Waals surface area contributed by atoms with Crippen LogP contribution in [0.3, 0.4) is 0 Å². The highest BCUT2D eigenvalue weighted by Crippen LogP contribution is 2.40. The largest absolute Gasteiger partial charge is 0.507 e. The van der Waals surface area contributed by atoms with E-state index >= 15 is 0 Å². The maximum Gasteiger partial charge on any atom is 0.295 e. The lowest BCUT2D eigenvalue weighted by molar-refractivity contribution is -0.139. The maximum absolute atomic E-state index is 13.1. The summed E-state index contributed by atoms with van der Waals surface area (Å²) in [7, 11) is 0. The van der Waals surface area contributed by atoms with Crippen LogP contribution in [-0.4, -0.2) is 43.9 Å². The van der Waals surface area contributed by atoms with Gasteiger partial charge in [-0.1, -0.05) is 30.3 Å². The number of aliphatic hydroxyl groups is 1. The second kappa shape index (κ2) is 8.58. The van der Waals surface area contributed by atoms with Crippen LogP contribution in [0.1, 0.15) is 36.1 Å². The number of ketones is 1. The molecule has 0 bridgehead atoms. The lowest BCUT2D eigenvalue weighted by atomic mass is 9.94. The van der Waals surface area contributed by atoms with E-state index in [0.29, 0.717) is 25.1 Å². The van der Waals surface area contributed by atoms with Gasteiger partial charge in [-0.2, -0.15) is 0 Å². The molecule has 0 radical (unpaired) electrons. The molecule has 2 aliphatic heterocycles. The molecule has 1 fully saturated rings. The van der Waals surface area contributed by atoms with Gasteiger partial charge in [0.25, 0.3) is 11.7 Å². The van der Waals surface area contributed by atoms with Crippen molar-refractivity contribution in [3.63, 3.8) is 0 Å². The number of imidazole rings is 1. The van der Waals surface area contributed by atoms with E-state index in [-0.39, 0.29) is 17.4 Å². The number of carbonyl (C=O) groups excluding carboxylic acids is 2. The second-order valence-corrected chi connectivity index (χ2v) is 8.51.